The van der Waals surface area contributed by atoms with Gasteiger partial charge in [0.05, 0.1) is 5.92 Å². The van der Waals surface area contributed by atoms with Crippen molar-refractivity contribution in [3.8, 4) is 11.4 Å². The van der Waals surface area contributed by atoms with Gasteiger partial charge < -0.3 is 9.42 Å². The summed E-state index contributed by atoms with van der Waals surface area (Å²) in [6.07, 6.45) is 1.28. The van der Waals surface area contributed by atoms with Crippen molar-refractivity contribution in [2.45, 2.75) is 25.7 Å². The molecule has 5 nitrogen and oxygen atoms in total. The molecule has 1 aliphatic rings. The Balaban J connectivity index is 1.41. The zero-order valence-electron chi connectivity index (χ0n) is 15.1. The van der Waals surface area contributed by atoms with Crippen LogP contribution in [-0.4, -0.2) is 34.0 Å². The van der Waals surface area contributed by atoms with Gasteiger partial charge in [0, 0.05) is 29.5 Å². The van der Waals surface area contributed by atoms with Gasteiger partial charge in [-0.05, 0) is 31.0 Å². The lowest BCUT2D eigenvalue weighted by Gasteiger charge is -2.15. The molecule has 0 aliphatic carbocycles. The lowest BCUT2D eigenvalue weighted by atomic mass is 10.1. The van der Waals surface area contributed by atoms with Crippen molar-refractivity contribution in [1.82, 2.24) is 15.0 Å². The number of rotatable bonds is 5. The highest BCUT2D eigenvalue weighted by Crippen LogP contribution is 2.29. The lowest BCUT2D eigenvalue weighted by molar-refractivity contribution is -0.127. The van der Waals surface area contributed by atoms with Gasteiger partial charge in [-0.1, -0.05) is 63.0 Å². The maximum absolute atomic E-state index is 12.4. The molecule has 1 saturated heterocycles. The number of hydrogen-bond acceptors (Lipinski definition) is 4. The van der Waals surface area contributed by atoms with Gasteiger partial charge in [0.25, 0.3) is 0 Å². The van der Waals surface area contributed by atoms with E-state index >= 15 is 0 Å². The molecule has 4 rings (SSSR count). The van der Waals surface area contributed by atoms with Crippen LogP contribution in [0.25, 0.3) is 11.4 Å². The highest BCUT2D eigenvalue weighted by Gasteiger charge is 2.34. The molecule has 1 fully saturated rings. The number of amides is 1. The van der Waals surface area contributed by atoms with Crippen LogP contribution in [0.2, 0.25) is 0 Å². The summed E-state index contributed by atoms with van der Waals surface area (Å²) in [7, 11) is 0. The topological polar surface area (TPSA) is 59.2 Å². The van der Waals surface area contributed by atoms with E-state index in [1.807, 2.05) is 29.2 Å². The van der Waals surface area contributed by atoms with Crippen molar-refractivity contribution in [2.75, 3.05) is 13.1 Å². The summed E-state index contributed by atoms with van der Waals surface area (Å²) in [5, 5.41) is 4.09. The second kappa shape index (κ2) is 7.64. The minimum absolute atomic E-state index is 0.0380. The van der Waals surface area contributed by atoms with Crippen molar-refractivity contribution >= 4 is 21.8 Å². The number of aryl methyl sites for hydroxylation is 1. The van der Waals surface area contributed by atoms with Crippen molar-refractivity contribution in [1.29, 1.82) is 0 Å². The van der Waals surface area contributed by atoms with Gasteiger partial charge in [0.1, 0.15) is 0 Å². The maximum Gasteiger partial charge on any atom is 0.232 e. The highest BCUT2D eigenvalue weighted by molar-refractivity contribution is 9.10. The van der Waals surface area contributed by atoms with E-state index < -0.39 is 0 Å². The van der Waals surface area contributed by atoms with Crippen LogP contribution < -0.4 is 0 Å². The predicted octanol–water partition coefficient (Wildman–Crippen LogP) is 4.37. The normalized spacial score (nSPS) is 16.9. The monoisotopic (exact) mass is 425 g/mol. The second-order valence-corrected chi connectivity index (χ2v) is 7.86. The van der Waals surface area contributed by atoms with E-state index in [1.54, 1.807) is 0 Å². The first-order valence-corrected chi connectivity index (χ1v) is 9.80. The van der Waals surface area contributed by atoms with Gasteiger partial charge >= 0.3 is 0 Å². The van der Waals surface area contributed by atoms with Crippen LogP contribution in [0.4, 0.5) is 0 Å². The van der Waals surface area contributed by atoms with Crippen LogP contribution in [0, 0.1) is 6.92 Å². The Hall–Kier alpha value is -2.47. The first-order valence-electron chi connectivity index (χ1n) is 9.01. The first kappa shape index (κ1) is 17.9. The molecule has 1 aromatic heterocycles. The molecule has 2 aromatic carbocycles. The molecule has 0 N–H and O–H groups in total. The Morgan fingerprint density at radius 3 is 2.81 bits per heavy atom. The maximum atomic E-state index is 12.4. The Labute approximate surface area is 166 Å². The summed E-state index contributed by atoms with van der Waals surface area (Å²) >= 11 is 3.45. The third-order valence-electron chi connectivity index (χ3n) is 4.88. The quantitative estimate of drug-likeness (QED) is 0.608. The largest absolute Gasteiger partial charge is 0.342 e. The molecule has 1 amide bonds. The van der Waals surface area contributed by atoms with Crippen molar-refractivity contribution in [2.24, 2.45) is 0 Å². The van der Waals surface area contributed by atoms with Crippen LogP contribution in [0.1, 0.15) is 29.4 Å². The Morgan fingerprint density at radius 1 is 1.22 bits per heavy atom. The average molecular weight is 426 g/mol. The van der Waals surface area contributed by atoms with Gasteiger partial charge in [0.2, 0.25) is 17.6 Å². The van der Waals surface area contributed by atoms with E-state index in [0.717, 1.165) is 16.5 Å². The Morgan fingerprint density at radius 2 is 2.04 bits per heavy atom. The standard InChI is InChI=1S/C21H20BrN3O2/c1-14-5-7-15(8-6-14)9-10-25-13-17(12-19(25)26)21-23-20(24-27-21)16-3-2-4-18(22)11-16/h2-8,11,17H,9-10,12-13H2,1H3. The minimum atomic E-state index is -0.0380. The molecule has 1 aliphatic heterocycles. The van der Waals surface area contributed by atoms with E-state index in [0.29, 0.717) is 31.2 Å². The number of aromatic nitrogens is 2. The number of hydrogen-bond donors (Lipinski definition) is 0. The molecule has 0 spiro atoms. The number of benzene rings is 2. The number of likely N-dealkylation sites (tertiary alicyclic amines) is 1. The van der Waals surface area contributed by atoms with E-state index in [1.165, 1.54) is 11.1 Å². The van der Waals surface area contributed by atoms with Crippen LogP contribution >= 0.6 is 15.9 Å². The molecule has 0 bridgehead atoms. The van der Waals surface area contributed by atoms with Gasteiger partial charge in [-0.3, -0.25) is 4.79 Å². The second-order valence-electron chi connectivity index (χ2n) is 6.94. The van der Waals surface area contributed by atoms with Gasteiger partial charge in [0.15, 0.2) is 0 Å². The summed E-state index contributed by atoms with van der Waals surface area (Å²) < 4.78 is 6.42. The summed E-state index contributed by atoms with van der Waals surface area (Å²) in [5.41, 5.74) is 3.38. The average Bonchev–Trinajstić information content (AvgIpc) is 3.28. The number of carbonyl (C=O) groups excluding carboxylic acids is 1. The van der Waals surface area contributed by atoms with Crippen LogP contribution in [0.5, 0.6) is 0 Å². The summed E-state index contributed by atoms with van der Waals surface area (Å²) in [6, 6.07) is 16.2. The molecule has 0 radical (unpaired) electrons. The number of nitrogens with zero attached hydrogens (tertiary/aromatic N) is 3. The molecule has 138 valence electrons. The van der Waals surface area contributed by atoms with Crippen molar-refractivity contribution < 1.29 is 9.32 Å². The molecular weight excluding hydrogens is 406 g/mol. The molecule has 2 heterocycles. The van der Waals surface area contributed by atoms with Crippen LogP contribution in [0.3, 0.4) is 0 Å². The van der Waals surface area contributed by atoms with E-state index in [-0.39, 0.29) is 11.8 Å². The van der Waals surface area contributed by atoms with Crippen molar-refractivity contribution in [3.63, 3.8) is 0 Å². The van der Waals surface area contributed by atoms with Crippen LogP contribution in [-0.2, 0) is 11.2 Å². The summed E-state index contributed by atoms with van der Waals surface area (Å²) in [5.74, 6) is 1.20. The third kappa shape index (κ3) is 4.11. The highest BCUT2D eigenvalue weighted by atomic mass is 79.9. The smallest absolute Gasteiger partial charge is 0.232 e. The van der Waals surface area contributed by atoms with E-state index in [9.17, 15) is 4.79 Å². The summed E-state index contributed by atoms with van der Waals surface area (Å²) in [6.45, 7) is 3.42. The molecule has 27 heavy (non-hydrogen) atoms. The van der Waals surface area contributed by atoms with E-state index in [2.05, 4.69) is 57.3 Å². The first-order chi connectivity index (χ1) is 13.1. The predicted molar refractivity (Wildman–Crippen MR) is 106 cm³/mol. The molecule has 6 heteroatoms. The fourth-order valence-corrected chi connectivity index (χ4v) is 3.72. The van der Waals surface area contributed by atoms with Gasteiger partial charge in [-0.25, -0.2) is 0 Å². The minimum Gasteiger partial charge on any atom is -0.342 e. The number of halogens is 1. The van der Waals surface area contributed by atoms with Crippen LogP contribution in [0.15, 0.2) is 57.5 Å². The third-order valence-corrected chi connectivity index (χ3v) is 5.37. The lowest BCUT2D eigenvalue weighted by Crippen LogP contribution is -2.27. The molecular formula is C21H20BrN3O2. The summed E-state index contributed by atoms with van der Waals surface area (Å²) in [4.78, 5) is 18.8. The zero-order chi connectivity index (χ0) is 18.8. The SMILES string of the molecule is Cc1ccc(CCN2CC(c3nc(-c4cccc(Br)c4)no3)CC2=O)cc1. The van der Waals surface area contributed by atoms with Gasteiger partial charge in [-0.2, -0.15) is 4.98 Å². The van der Waals surface area contributed by atoms with Crippen molar-refractivity contribution in [3.05, 3.63) is 70.0 Å². The van der Waals surface area contributed by atoms with E-state index in [4.69, 9.17) is 4.52 Å². The fourth-order valence-electron chi connectivity index (χ4n) is 3.32. The van der Waals surface area contributed by atoms with Gasteiger partial charge in [-0.15, -0.1) is 0 Å². The fraction of sp³-hybridized carbons (Fsp3) is 0.286. The molecule has 3 aromatic rings. The Kier molecular flexibility index (Phi) is 5.07. The molecule has 1 atom stereocenters. The molecule has 1 unspecified atom stereocenters. The number of carbonyl (C=O) groups is 1. The Bertz CT molecular complexity index is 952. The zero-order valence-corrected chi connectivity index (χ0v) is 16.6. The molecule has 0 saturated carbocycles.